The minimum Gasteiger partial charge on any atom is -0.494 e. The highest BCUT2D eigenvalue weighted by Crippen LogP contribution is 2.33. The van der Waals surface area contributed by atoms with Gasteiger partial charge in [0.1, 0.15) is 5.75 Å². The molecule has 1 amide bonds. The molecule has 0 bridgehead atoms. The van der Waals surface area contributed by atoms with Gasteiger partial charge in [0, 0.05) is 11.0 Å². The number of rotatable bonds is 12. The van der Waals surface area contributed by atoms with Gasteiger partial charge in [-0.15, -0.1) is 0 Å². The number of hydrogen-bond acceptors (Lipinski definition) is 6. The predicted octanol–water partition coefficient (Wildman–Crippen LogP) is 5.07. The molecule has 2 aromatic carbocycles. The number of amides is 1. The first kappa shape index (κ1) is 29.6. The molecule has 0 fully saturated rings. The first-order valence-electron chi connectivity index (χ1n) is 11.0. The fourth-order valence-electron chi connectivity index (χ4n) is 3.22. The zero-order valence-corrected chi connectivity index (χ0v) is 21.8. The Bertz CT molecular complexity index is 1190. The summed E-state index contributed by atoms with van der Waals surface area (Å²) in [6, 6.07) is 9.40. The van der Waals surface area contributed by atoms with E-state index in [9.17, 15) is 31.5 Å². The predicted molar refractivity (Wildman–Crippen MR) is 132 cm³/mol. The molecule has 196 valence electrons. The Morgan fingerprint density at radius 1 is 1.11 bits per heavy atom. The molecule has 12 heteroatoms. The molecular weight excluding hydrogens is 565 g/mol. The normalized spacial score (nSPS) is 13.5. The third-order valence-corrected chi connectivity index (χ3v) is 7.64. The first-order chi connectivity index (χ1) is 16.8. The molecule has 0 unspecified atom stereocenters. The number of carbonyl (C=O) groups is 1. The second kappa shape index (κ2) is 12.6. The van der Waals surface area contributed by atoms with E-state index >= 15 is 0 Å². The van der Waals surface area contributed by atoms with E-state index in [4.69, 9.17) is 10.00 Å². The lowest BCUT2D eigenvalue weighted by atomic mass is 10.1. The summed E-state index contributed by atoms with van der Waals surface area (Å²) in [6.45, 7) is 1.43. The van der Waals surface area contributed by atoms with Crippen molar-refractivity contribution in [2.75, 3.05) is 23.0 Å². The second-order valence-corrected chi connectivity index (χ2v) is 11.1. The number of hydrogen-bond donors (Lipinski definition) is 2. The van der Waals surface area contributed by atoms with Crippen molar-refractivity contribution in [3.63, 3.8) is 0 Å². The number of anilines is 1. The third-order valence-electron chi connectivity index (χ3n) is 5.14. The quantitative estimate of drug-likeness (QED) is 0.263. The highest BCUT2D eigenvalue weighted by molar-refractivity contribution is 9.09. The third kappa shape index (κ3) is 8.50. The number of nitriles is 1. The van der Waals surface area contributed by atoms with Crippen molar-refractivity contribution in [1.29, 1.82) is 5.26 Å². The van der Waals surface area contributed by atoms with Gasteiger partial charge in [-0.1, -0.05) is 28.8 Å². The molecular formula is C24H26BrF3N2O5S. The maximum Gasteiger partial charge on any atom is 0.417 e. The van der Waals surface area contributed by atoms with Crippen LogP contribution in [-0.2, 0) is 20.8 Å². The van der Waals surface area contributed by atoms with Gasteiger partial charge in [-0.25, -0.2) is 8.42 Å². The van der Waals surface area contributed by atoms with Gasteiger partial charge in [-0.05, 0) is 62.2 Å². The zero-order chi connectivity index (χ0) is 27.0. The van der Waals surface area contributed by atoms with Crippen LogP contribution in [0.4, 0.5) is 18.9 Å². The van der Waals surface area contributed by atoms with Crippen molar-refractivity contribution in [3.8, 4) is 11.8 Å². The van der Waals surface area contributed by atoms with Crippen molar-refractivity contribution >= 4 is 37.4 Å². The van der Waals surface area contributed by atoms with E-state index in [-0.39, 0.29) is 10.6 Å². The minimum absolute atomic E-state index is 0.155. The molecule has 0 heterocycles. The fourth-order valence-corrected chi connectivity index (χ4v) is 5.21. The average Bonchev–Trinajstić information content (AvgIpc) is 2.80. The van der Waals surface area contributed by atoms with Crippen LogP contribution in [-0.4, -0.2) is 42.7 Å². The van der Waals surface area contributed by atoms with Crippen LogP contribution in [0.5, 0.6) is 5.75 Å². The maximum absolute atomic E-state index is 13.2. The molecule has 0 aliphatic heterocycles. The molecule has 2 aromatic rings. The monoisotopic (exact) mass is 590 g/mol. The van der Waals surface area contributed by atoms with Gasteiger partial charge in [-0.2, -0.15) is 18.4 Å². The van der Waals surface area contributed by atoms with Crippen LogP contribution in [0.1, 0.15) is 43.7 Å². The number of carbonyl (C=O) groups excluding carboxylic acids is 1. The van der Waals surface area contributed by atoms with Crippen LogP contribution in [0.15, 0.2) is 47.4 Å². The molecule has 0 saturated carbocycles. The molecule has 0 aliphatic rings. The standard InChI is InChI=1S/C24H26BrF3N2O5S/c1-23(32,22(31)30-18-7-6-17(15-29)21(14-18)24(26,27)28)16-36(33,34)20-10-8-19(9-11-20)35-13-5-3-2-4-12-25/h6-11,14,32H,2-5,12-13,16H2,1H3,(H,30,31)/t23-/m1/s1. The van der Waals surface area contributed by atoms with Crippen LogP contribution in [0.2, 0.25) is 0 Å². The summed E-state index contributed by atoms with van der Waals surface area (Å²) in [5, 5.41) is 22.4. The molecule has 7 nitrogen and oxygen atoms in total. The summed E-state index contributed by atoms with van der Waals surface area (Å²) in [6.07, 6.45) is -0.824. The molecule has 0 aromatic heterocycles. The van der Waals surface area contributed by atoms with Gasteiger partial charge in [0.15, 0.2) is 15.4 Å². The van der Waals surface area contributed by atoms with E-state index in [0.29, 0.717) is 18.4 Å². The summed E-state index contributed by atoms with van der Waals surface area (Å²) in [4.78, 5) is 12.4. The maximum atomic E-state index is 13.2. The van der Waals surface area contributed by atoms with E-state index in [1.54, 1.807) is 0 Å². The lowest BCUT2D eigenvalue weighted by Crippen LogP contribution is -2.45. The van der Waals surface area contributed by atoms with Gasteiger partial charge in [0.2, 0.25) is 0 Å². The Hall–Kier alpha value is -2.62. The van der Waals surface area contributed by atoms with E-state index in [1.807, 2.05) is 0 Å². The number of alkyl halides is 4. The van der Waals surface area contributed by atoms with Crippen LogP contribution in [0.25, 0.3) is 0 Å². The molecule has 1 atom stereocenters. The number of benzene rings is 2. The number of sulfone groups is 1. The molecule has 2 rings (SSSR count). The van der Waals surface area contributed by atoms with Gasteiger partial charge in [0.25, 0.3) is 5.91 Å². The largest absolute Gasteiger partial charge is 0.494 e. The summed E-state index contributed by atoms with van der Waals surface area (Å²) in [5.74, 6) is -1.76. The van der Waals surface area contributed by atoms with Crippen molar-refractivity contribution in [1.82, 2.24) is 0 Å². The number of nitrogens with one attached hydrogen (secondary N) is 1. The van der Waals surface area contributed by atoms with Crippen LogP contribution < -0.4 is 10.1 Å². The van der Waals surface area contributed by atoms with Gasteiger partial charge in [-0.3, -0.25) is 4.79 Å². The Labute approximate surface area is 216 Å². The Morgan fingerprint density at radius 2 is 1.75 bits per heavy atom. The summed E-state index contributed by atoms with van der Waals surface area (Å²) < 4.78 is 70.6. The molecule has 0 spiro atoms. The lowest BCUT2D eigenvalue weighted by molar-refractivity contribution is -0.137. The minimum atomic E-state index is -4.85. The Balaban J connectivity index is 2.05. The summed E-state index contributed by atoms with van der Waals surface area (Å²) in [5.41, 5.74) is -4.72. The Morgan fingerprint density at radius 3 is 2.33 bits per heavy atom. The van der Waals surface area contributed by atoms with Gasteiger partial charge in [0.05, 0.1) is 34.5 Å². The summed E-state index contributed by atoms with van der Waals surface area (Å²) in [7, 11) is -4.14. The van der Waals surface area contributed by atoms with E-state index < -0.39 is 44.4 Å². The lowest BCUT2D eigenvalue weighted by Gasteiger charge is -2.22. The van der Waals surface area contributed by atoms with Crippen molar-refractivity contribution in [2.45, 2.75) is 49.3 Å². The number of aliphatic hydroxyl groups is 1. The van der Waals surface area contributed by atoms with Crippen molar-refractivity contribution in [2.24, 2.45) is 0 Å². The topological polar surface area (TPSA) is 116 Å². The highest BCUT2D eigenvalue weighted by atomic mass is 79.9. The molecule has 36 heavy (non-hydrogen) atoms. The first-order valence-corrected chi connectivity index (χ1v) is 13.7. The number of ether oxygens (including phenoxy) is 1. The zero-order valence-electron chi connectivity index (χ0n) is 19.4. The second-order valence-electron chi connectivity index (χ2n) is 8.28. The number of nitrogens with zero attached hydrogens (tertiary/aromatic N) is 1. The Kier molecular flexibility index (Phi) is 10.3. The van der Waals surface area contributed by atoms with E-state index in [0.717, 1.165) is 50.1 Å². The SMILES string of the molecule is C[C@@](O)(CS(=O)(=O)c1ccc(OCCCCCCBr)cc1)C(=O)Nc1ccc(C#N)c(C(F)(F)F)c1. The van der Waals surface area contributed by atoms with Gasteiger partial charge < -0.3 is 15.2 Å². The molecule has 0 aliphatic carbocycles. The van der Waals surface area contributed by atoms with E-state index in [1.165, 1.54) is 30.3 Å². The van der Waals surface area contributed by atoms with Crippen LogP contribution in [0, 0.1) is 11.3 Å². The van der Waals surface area contributed by atoms with Crippen LogP contribution >= 0.6 is 15.9 Å². The van der Waals surface area contributed by atoms with Crippen molar-refractivity contribution < 1.29 is 36.2 Å². The average molecular weight is 591 g/mol. The number of halogens is 4. The molecule has 0 saturated heterocycles. The molecule has 2 N–H and O–H groups in total. The van der Waals surface area contributed by atoms with Crippen molar-refractivity contribution in [3.05, 3.63) is 53.6 Å². The van der Waals surface area contributed by atoms with Crippen LogP contribution in [0.3, 0.4) is 0 Å². The fraction of sp³-hybridized carbons (Fsp3) is 0.417. The highest BCUT2D eigenvalue weighted by Gasteiger charge is 2.38. The van der Waals surface area contributed by atoms with Gasteiger partial charge >= 0.3 is 6.18 Å². The number of unbranched alkanes of at least 4 members (excludes halogenated alkanes) is 3. The van der Waals surface area contributed by atoms with E-state index in [2.05, 4.69) is 21.2 Å². The smallest absolute Gasteiger partial charge is 0.417 e. The summed E-state index contributed by atoms with van der Waals surface area (Å²) >= 11 is 3.37. The molecule has 0 radical (unpaired) electrons.